The molecule has 3 heteroatoms. The van der Waals surface area contributed by atoms with E-state index in [0.717, 1.165) is 6.42 Å². The molecule has 0 bridgehead atoms. The van der Waals surface area contributed by atoms with Crippen molar-refractivity contribution >= 4 is 21.5 Å². The van der Waals surface area contributed by atoms with Gasteiger partial charge in [0.2, 0.25) is 0 Å². The maximum absolute atomic E-state index is 3.38. The Morgan fingerprint density at radius 1 is 0.545 bits per heavy atom. The van der Waals surface area contributed by atoms with Gasteiger partial charge < -0.3 is 45.1 Å². The average Bonchev–Trinajstić information content (AvgIpc) is 3.54. The van der Waals surface area contributed by atoms with Crippen molar-refractivity contribution in [2.45, 2.75) is 59.8 Å². The standard InChI is InChI=1S/2C19H19.C3H6.2ClH.Zr/c2*1-13(2)15-7-9-16(10-8-15)18-6-4-5-17-11-14(3)12-19(17)18;1-3-2;;;/h2*4-13H,1-3H3;1-3H2;2*1H;/q2*-1;-2;;;+2/p-2. The molecule has 0 saturated carbocycles. The first kappa shape index (κ1) is 39.6. The van der Waals surface area contributed by atoms with Crippen molar-refractivity contribution in [3.8, 4) is 22.3 Å². The van der Waals surface area contributed by atoms with Crippen molar-refractivity contribution < 1.29 is 51.0 Å². The number of halogens is 2. The molecule has 0 heterocycles. The quantitative estimate of drug-likeness (QED) is 0.188. The summed E-state index contributed by atoms with van der Waals surface area (Å²) < 4.78 is 0. The summed E-state index contributed by atoms with van der Waals surface area (Å²) in [4.78, 5) is 0. The molecular formula is C41H44Cl2Zr-4. The maximum Gasteiger partial charge on any atom is 2.00 e. The van der Waals surface area contributed by atoms with Gasteiger partial charge in [0.25, 0.3) is 0 Å². The van der Waals surface area contributed by atoms with Crippen LogP contribution in [0, 0.1) is 27.7 Å². The number of aryl methyl sites for hydroxylation is 2. The fourth-order valence-electron chi connectivity index (χ4n) is 5.37. The normalized spacial score (nSPS) is 10.2. The zero-order chi connectivity index (χ0) is 29.5. The summed E-state index contributed by atoms with van der Waals surface area (Å²) in [6.07, 6.45) is 0.750. The molecule has 0 nitrogen and oxygen atoms in total. The van der Waals surface area contributed by atoms with Gasteiger partial charge in [-0.15, -0.1) is 69.1 Å². The molecule has 0 aliphatic carbocycles. The monoisotopic (exact) mass is 696 g/mol. The maximum atomic E-state index is 3.38. The number of fused-ring (bicyclic) bond motifs is 2. The molecule has 0 aliphatic heterocycles. The van der Waals surface area contributed by atoms with Crippen LogP contribution >= 0.6 is 0 Å². The summed E-state index contributed by atoms with van der Waals surface area (Å²) in [5, 5.41) is 5.39. The smallest absolute Gasteiger partial charge is 1.00 e. The summed E-state index contributed by atoms with van der Waals surface area (Å²) in [6, 6.07) is 40.1. The minimum atomic E-state index is 0. The molecular weight excluding hydrogens is 655 g/mol. The molecule has 0 spiro atoms. The van der Waals surface area contributed by atoms with E-state index in [4.69, 9.17) is 0 Å². The van der Waals surface area contributed by atoms with E-state index in [-0.39, 0.29) is 51.0 Å². The molecule has 0 amide bonds. The van der Waals surface area contributed by atoms with E-state index >= 15 is 0 Å². The van der Waals surface area contributed by atoms with E-state index < -0.39 is 0 Å². The third-order valence-electron chi connectivity index (χ3n) is 7.57. The minimum absolute atomic E-state index is 0. The molecule has 0 aliphatic rings. The molecule has 0 atom stereocenters. The number of hydrogen-bond acceptors (Lipinski definition) is 0. The van der Waals surface area contributed by atoms with Crippen LogP contribution < -0.4 is 24.8 Å². The molecule has 0 N–H and O–H groups in total. The molecule has 0 aromatic heterocycles. The first-order valence-corrected chi connectivity index (χ1v) is 14.8. The Hall–Kier alpha value is -2.44. The summed E-state index contributed by atoms with van der Waals surface area (Å²) >= 11 is 0. The predicted molar refractivity (Wildman–Crippen MR) is 183 cm³/mol. The van der Waals surface area contributed by atoms with Crippen molar-refractivity contribution in [3.63, 3.8) is 0 Å². The molecule has 230 valence electrons. The fourth-order valence-corrected chi connectivity index (χ4v) is 5.37. The van der Waals surface area contributed by atoms with Crippen molar-refractivity contribution in [1.29, 1.82) is 0 Å². The summed E-state index contributed by atoms with van der Waals surface area (Å²) in [5.74, 6) is 1.18. The first-order valence-electron chi connectivity index (χ1n) is 14.8. The Kier molecular flexibility index (Phi) is 16.7. The van der Waals surface area contributed by atoms with Gasteiger partial charge in [-0.1, -0.05) is 113 Å². The first-order chi connectivity index (χ1) is 19.7. The molecule has 0 unspecified atom stereocenters. The van der Waals surface area contributed by atoms with Crippen LogP contribution in [-0.2, 0) is 26.2 Å². The van der Waals surface area contributed by atoms with Gasteiger partial charge in [0.1, 0.15) is 0 Å². The number of rotatable bonds is 4. The van der Waals surface area contributed by atoms with Crippen LogP contribution in [0.3, 0.4) is 0 Å². The number of benzene rings is 4. The Morgan fingerprint density at radius 2 is 0.864 bits per heavy atom. The Bertz CT molecular complexity index is 1560. The Labute approximate surface area is 298 Å². The number of hydrogen-bond donors (Lipinski definition) is 0. The molecule has 6 aromatic carbocycles. The van der Waals surface area contributed by atoms with Gasteiger partial charge in [-0.2, -0.15) is 12.1 Å². The molecule has 44 heavy (non-hydrogen) atoms. The SMILES string of the molecule is Cc1cc2c(-c3ccc(C(C)C)cc3)cccc2[cH-]1.Cc1cc2c(-c3ccc(C(C)C)cc3)cccc2[cH-]1.[CH2-]C[CH2-].[Cl-].[Cl-].[Zr+2]. The molecule has 0 fully saturated rings. The van der Waals surface area contributed by atoms with E-state index in [1.807, 2.05) is 0 Å². The Balaban J connectivity index is 0.000000380. The van der Waals surface area contributed by atoms with Crippen molar-refractivity contribution in [2.75, 3.05) is 0 Å². The van der Waals surface area contributed by atoms with Crippen molar-refractivity contribution in [2.24, 2.45) is 0 Å². The van der Waals surface area contributed by atoms with Gasteiger partial charge in [0.15, 0.2) is 0 Å². The van der Waals surface area contributed by atoms with Gasteiger partial charge in [0, 0.05) is 0 Å². The van der Waals surface area contributed by atoms with E-state index in [2.05, 4.69) is 165 Å². The van der Waals surface area contributed by atoms with E-state index in [0.29, 0.717) is 11.8 Å². The molecule has 0 radical (unpaired) electrons. The topological polar surface area (TPSA) is 0 Å². The zero-order valence-electron chi connectivity index (χ0n) is 26.9. The fraction of sp³-hybridized carbons (Fsp3) is 0.220. The average molecular weight is 699 g/mol. The predicted octanol–water partition coefficient (Wildman–Crippen LogP) is 6.37. The van der Waals surface area contributed by atoms with E-state index in [1.54, 1.807) is 0 Å². The molecule has 6 aromatic rings. The van der Waals surface area contributed by atoms with Gasteiger partial charge in [-0.05, 0) is 34.1 Å². The minimum Gasteiger partial charge on any atom is -1.00 e. The van der Waals surface area contributed by atoms with Gasteiger partial charge in [-0.25, -0.2) is 0 Å². The van der Waals surface area contributed by atoms with Crippen LogP contribution in [0.1, 0.15) is 68.2 Å². The zero-order valence-corrected chi connectivity index (χ0v) is 30.9. The molecule has 6 rings (SSSR count). The van der Waals surface area contributed by atoms with Crippen molar-refractivity contribution in [1.82, 2.24) is 0 Å². The van der Waals surface area contributed by atoms with Crippen LogP contribution in [0.25, 0.3) is 43.8 Å². The van der Waals surface area contributed by atoms with Crippen LogP contribution in [0.4, 0.5) is 0 Å². The molecule has 0 saturated heterocycles. The van der Waals surface area contributed by atoms with E-state index in [9.17, 15) is 0 Å². The van der Waals surface area contributed by atoms with Crippen LogP contribution in [0.5, 0.6) is 0 Å². The van der Waals surface area contributed by atoms with Crippen LogP contribution in [-0.4, -0.2) is 0 Å². The van der Waals surface area contributed by atoms with Gasteiger partial charge in [-0.3, -0.25) is 0 Å². The van der Waals surface area contributed by atoms with Crippen molar-refractivity contribution in [3.05, 3.63) is 145 Å². The second kappa shape index (κ2) is 18.5. The van der Waals surface area contributed by atoms with E-state index in [1.165, 1.54) is 66.1 Å². The van der Waals surface area contributed by atoms with Crippen LogP contribution in [0.2, 0.25) is 0 Å². The third kappa shape index (κ3) is 9.78. The second-order valence-corrected chi connectivity index (χ2v) is 11.6. The van der Waals surface area contributed by atoms with Gasteiger partial charge in [0.05, 0.1) is 0 Å². The third-order valence-corrected chi connectivity index (χ3v) is 7.57. The summed E-state index contributed by atoms with van der Waals surface area (Å²) in [7, 11) is 0. The summed E-state index contributed by atoms with van der Waals surface area (Å²) in [5.41, 5.74) is 10.7. The van der Waals surface area contributed by atoms with Crippen LogP contribution in [0.15, 0.2) is 109 Å². The Morgan fingerprint density at radius 3 is 1.16 bits per heavy atom. The second-order valence-electron chi connectivity index (χ2n) is 11.6. The summed E-state index contributed by atoms with van der Waals surface area (Å²) in [6.45, 7) is 20.0. The van der Waals surface area contributed by atoms with Gasteiger partial charge >= 0.3 is 26.2 Å². The largest absolute Gasteiger partial charge is 2.00 e.